The molecule has 0 radical (unpaired) electrons. The summed E-state index contributed by atoms with van der Waals surface area (Å²) in [6, 6.07) is 8.43. The summed E-state index contributed by atoms with van der Waals surface area (Å²) in [5, 5.41) is 13.1. The zero-order chi connectivity index (χ0) is 20.1. The van der Waals surface area contributed by atoms with Gasteiger partial charge >= 0.3 is 5.97 Å². The second-order valence-corrected chi connectivity index (χ2v) is 7.00. The number of rotatable bonds is 9. The summed E-state index contributed by atoms with van der Waals surface area (Å²) in [5.41, 5.74) is 2.12. The number of carboxylic acids is 1. The van der Waals surface area contributed by atoms with Gasteiger partial charge < -0.3 is 9.84 Å². The normalized spacial score (nSPS) is 12.2. The van der Waals surface area contributed by atoms with Crippen molar-refractivity contribution in [3.8, 4) is 17.0 Å². The molecule has 0 saturated heterocycles. The number of hydrogen-bond acceptors (Lipinski definition) is 4. The van der Waals surface area contributed by atoms with Gasteiger partial charge in [-0.2, -0.15) is 0 Å². The van der Waals surface area contributed by atoms with Gasteiger partial charge in [-0.3, -0.25) is 4.79 Å². The van der Waals surface area contributed by atoms with Crippen LogP contribution in [0, 0.1) is 11.7 Å². The van der Waals surface area contributed by atoms with Crippen molar-refractivity contribution in [3.05, 3.63) is 47.6 Å². The molecule has 6 nitrogen and oxygen atoms in total. The summed E-state index contributed by atoms with van der Waals surface area (Å²) in [6.45, 7) is 2.08. The van der Waals surface area contributed by atoms with Crippen LogP contribution >= 0.6 is 11.6 Å². The van der Waals surface area contributed by atoms with Crippen LogP contribution in [0.2, 0.25) is 5.28 Å². The van der Waals surface area contributed by atoms with Crippen LogP contribution in [0.15, 0.2) is 36.5 Å². The minimum Gasteiger partial charge on any atom is -0.491 e. The third kappa shape index (κ3) is 4.78. The molecule has 28 heavy (non-hydrogen) atoms. The first kappa shape index (κ1) is 20.1. The minimum absolute atomic E-state index is 0.114. The van der Waals surface area contributed by atoms with Crippen molar-refractivity contribution in [3.63, 3.8) is 0 Å². The highest BCUT2D eigenvalue weighted by atomic mass is 35.5. The van der Waals surface area contributed by atoms with E-state index in [4.69, 9.17) is 21.4 Å². The predicted octanol–water partition coefficient (Wildman–Crippen LogP) is 4.85. The van der Waals surface area contributed by atoms with Gasteiger partial charge in [0.05, 0.1) is 29.9 Å². The van der Waals surface area contributed by atoms with E-state index in [1.54, 1.807) is 29.8 Å². The highest BCUT2D eigenvalue weighted by molar-refractivity contribution is 6.28. The fourth-order valence-electron chi connectivity index (χ4n) is 2.91. The number of carboxylic acid groups (broad SMARTS) is 1. The van der Waals surface area contributed by atoms with Crippen LogP contribution < -0.4 is 4.74 Å². The molecule has 148 valence electrons. The third-order valence-electron chi connectivity index (χ3n) is 4.56. The molecule has 2 aromatic heterocycles. The molecule has 0 aliphatic rings. The maximum atomic E-state index is 14.4. The van der Waals surface area contributed by atoms with E-state index in [2.05, 4.69) is 10.1 Å². The van der Waals surface area contributed by atoms with Crippen LogP contribution in [0.4, 0.5) is 4.39 Å². The molecule has 1 aromatic carbocycles. The minimum atomic E-state index is -0.775. The number of nitrogens with zero attached hydrogens (tertiary/aromatic N) is 3. The van der Waals surface area contributed by atoms with Crippen LogP contribution in [0.5, 0.6) is 5.75 Å². The summed E-state index contributed by atoms with van der Waals surface area (Å²) in [6.07, 6.45) is 4.63. The molecule has 0 saturated carbocycles. The Bertz CT molecular complexity index is 976. The van der Waals surface area contributed by atoms with E-state index in [9.17, 15) is 9.18 Å². The van der Waals surface area contributed by atoms with Gasteiger partial charge in [0.25, 0.3) is 0 Å². The van der Waals surface area contributed by atoms with E-state index in [-0.39, 0.29) is 17.0 Å². The first-order valence-electron chi connectivity index (χ1n) is 9.11. The Morgan fingerprint density at radius 3 is 2.86 bits per heavy atom. The van der Waals surface area contributed by atoms with E-state index in [1.807, 2.05) is 12.1 Å². The standard InChI is InChI=1S/C20H21ClFN3O3/c1-13(19(26)27)5-3-2-4-10-28-18-9-6-14(11-16(18)22)17-8-7-15-12-23-20(21)24-25(15)17/h6-9,11-13H,2-5,10H2,1H3,(H,26,27). The number of carbonyl (C=O) groups is 1. The topological polar surface area (TPSA) is 76.7 Å². The third-order valence-corrected chi connectivity index (χ3v) is 4.73. The van der Waals surface area contributed by atoms with E-state index >= 15 is 0 Å². The Hall–Kier alpha value is -2.67. The smallest absolute Gasteiger partial charge is 0.306 e. The van der Waals surface area contributed by atoms with Crippen molar-refractivity contribution < 1.29 is 19.0 Å². The van der Waals surface area contributed by atoms with Crippen molar-refractivity contribution in [1.82, 2.24) is 14.6 Å². The van der Waals surface area contributed by atoms with E-state index in [1.165, 1.54) is 6.07 Å². The van der Waals surface area contributed by atoms with Gasteiger partial charge in [-0.05, 0) is 54.8 Å². The maximum Gasteiger partial charge on any atom is 0.306 e. The maximum absolute atomic E-state index is 14.4. The summed E-state index contributed by atoms with van der Waals surface area (Å²) >= 11 is 5.85. The molecule has 0 aliphatic heterocycles. The Balaban J connectivity index is 1.57. The second-order valence-electron chi connectivity index (χ2n) is 6.66. The van der Waals surface area contributed by atoms with Gasteiger partial charge in [-0.25, -0.2) is 13.9 Å². The number of unbranched alkanes of at least 4 members (excludes halogenated alkanes) is 2. The average molecular weight is 406 g/mol. The lowest BCUT2D eigenvalue weighted by molar-refractivity contribution is -0.141. The van der Waals surface area contributed by atoms with Crippen LogP contribution in [0.3, 0.4) is 0 Å². The summed E-state index contributed by atoms with van der Waals surface area (Å²) in [7, 11) is 0. The van der Waals surface area contributed by atoms with Crippen molar-refractivity contribution in [2.45, 2.75) is 32.6 Å². The van der Waals surface area contributed by atoms with E-state index in [0.717, 1.165) is 24.8 Å². The molecule has 3 aromatic rings. The van der Waals surface area contributed by atoms with Crippen LogP contribution in [0.25, 0.3) is 16.8 Å². The lowest BCUT2D eigenvalue weighted by Crippen LogP contribution is -2.09. The van der Waals surface area contributed by atoms with Gasteiger partial charge in [0.1, 0.15) is 0 Å². The number of fused-ring (bicyclic) bond motifs is 1. The molecule has 0 aliphatic carbocycles. The zero-order valence-electron chi connectivity index (χ0n) is 15.4. The summed E-state index contributed by atoms with van der Waals surface area (Å²) < 4.78 is 21.6. The van der Waals surface area contributed by atoms with Crippen LogP contribution in [0.1, 0.15) is 32.6 Å². The van der Waals surface area contributed by atoms with Gasteiger partial charge in [-0.15, -0.1) is 5.10 Å². The predicted molar refractivity (Wildman–Crippen MR) is 104 cm³/mol. The highest BCUT2D eigenvalue weighted by Gasteiger charge is 2.12. The Labute approximate surface area is 166 Å². The number of ether oxygens (including phenoxy) is 1. The fraction of sp³-hybridized carbons (Fsp3) is 0.350. The van der Waals surface area contributed by atoms with Crippen molar-refractivity contribution >= 4 is 23.1 Å². The fourth-order valence-corrected chi connectivity index (χ4v) is 3.04. The molecule has 0 bridgehead atoms. The number of aromatic nitrogens is 3. The molecule has 3 rings (SSSR count). The number of aliphatic carboxylic acids is 1. The van der Waals surface area contributed by atoms with Gasteiger partial charge in [0.15, 0.2) is 11.6 Å². The lowest BCUT2D eigenvalue weighted by Gasteiger charge is -2.09. The molecule has 0 spiro atoms. The largest absolute Gasteiger partial charge is 0.491 e. The molecule has 8 heteroatoms. The highest BCUT2D eigenvalue weighted by Crippen LogP contribution is 2.27. The molecule has 0 fully saturated rings. The van der Waals surface area contributed by atoms with Gasteiger partial charge in [0.2, 0.25) is 5.28 Å². The first-order chi connectivity index (χ1) is 13.5. The number of hydrogen-bond donors (Lipinski definition) is 1. The SMILES string of the molecule is CC(CCCCCOc1ccc(-c2ccc3cnc(Cl)nn23)cc1F)C(=O)O. The number of halogens is 2. The van der Waals surface area contributed by atoms with Crippen LogP contribution in [-0.2, 0) is 4.79 Å². The summed E-state index contributed by atoms with van der Waals surface area (Å²) in [4.78, 5) is 14.7. The van der Waals surface area contributed by atoms with E-state index in [0.29, 0.717) is 24.3 Å². The summed E-state index contributed by atoms with van der Waals surface area (Å²) in [5.74, 6) is -1.37. The molecule has 2 heterocycles. The van der Waals surface area contributed by atoms with Gasteiger partial charge in [-0.1, -0.05) is 19.8 Å². The van der Waals surface area contributed by atoms with E-state index < -0.39 is 11.8 Å². The van der Waals surface area contributed by atoms with Gasteiger partial charge in [0, 0.05) is 5.56 Å². The monoisotopic (exact) mass is 405 g/mol. The molecule has 1 N–H and O–H groups in total. The quantitative estimate of drug-likeness (QED) is 0.515. The second kappa shape index (κ2) is 9.01. The van der Waals surface area contributed by atoms with Crippen LogP contribution in [-0.4, -0.2) is 32.3 Å². The molecule has 1 unspecified atom stereocenters. The van der Waals surface area contributed by atoms with Crippen molar-refractivity contribution in [2.24, 2.45) is 5.92 Å². The lowest BCUT2D eigenvalue weighted by atomic mass is 10.0. The number of benzene rings is 1. The average Bonchev–Trinajstić information content (AvgIpc) is 3.08. The Morgan fingerprint density at radius 2 is 2.11 bits per heavy atom. The first-order valence-corrected chi connectivity index (χ1v) is 9.49. The van der Waals surface area contributed by atoms with Crippen molar-refractivity contribution in [1.29, 1.82) is 0 Å². The Morgan fingerprint density at radius 1 is 1.29 bits per heavy atom. The Kier molecular flexibility index (Phi) is 6.46. The molecular weight excluding hydrogens is 385 g/mol. The van der Waals surface area contributed by atoms with Crippen molar-refractivity contribution in [2.75, 3.05) is 6.61 Å². The molecule has 1 atom stereocenters. The molecule has 0 amide bonds. The molecular formula is C20H21ClFN3O3. The zero-order valence-corrected chi connectivity index (χ0v) is 16.2.